The molecule has 1 saturated heterocycles. The molecule has 0 aromatic rings. The average Bonchev–Trinajstić information content (AvgIpc) is 2.27. The summed E-state index contributed by atoms with van der Waals surface area (Å²) < 4.78 is 0. The predicted octanol–water partition coefficient (Wildman–Crippen LogP) is 0.615. The van der Waals surface area contributed by atoms with Gasteiger partial charge in [-0.1, -0.05) is 6.92 Å². The molecule has 1 aliphatic rings. The molecule has 1 heterocycles. The second-order valence-corrected chi connectivity index (χ2v) is 4.35. The fraction of sp³-hybridized carbons (Fsp3) is 0.818. The largest absolute Gasteiger partial charge is 0.481 e. The molecule has 0 radical (unpaired) electrons. The Morgan fingerprint density at radius 3 is 2.25 bits per heavy atom. The smallest absolute Gasteiger partial charge is 0.303 e. The monoisotopic (exact) mass is 229 g/mol. The number of aliphatic carboxylic acids is 1. The van der Waals surface area contributed by atoms with Crippen molar-refractivity contribution in [2.75, 3.05) is 13.1 Å². The highest BCUT2D eigenvalue weighted by molar-refractivity contribution is 5.80. The van der Waals surface area contributed by atoms with Crippen LogP contribution in [0.25, 0.3) is 0 Å². The lowest BCUT2D eigenvalue weighted by atomic mass is 9.89. The highest BCUT2D eigenvalue weighted by Crippen LogP contribution is 2.25. The van der Waals surface area contributed by atoms with E-state index >= 15 is 0 Å². The molecule has 2 N–H and O–H groups in total. The van der Waals surface area contributed by atoms with Crippen molar-refractivity contribution in [2.24, 2.45) is 0 Å². The molecule has 0 aliphatic carbocycles. The molecule has 0 unspecified atom stereocenters. The van der Waals surface area contributed by atoms with Crippen molar-refractivity contribution >= 4 is 11.9 Å². The molecular weight excluding hydrogens is 210 g/mol. The zero-order valence-electron chi connectivity index (χ0n) is 9.61. The number of rotatable bonds is 4. The van der Waals surface area contributed by atoms with Crippen LogP contribution < -0.4 is 0 Å². The van der Waals surface area contributed by atoms with Crippen LogP contribution in [0.4, 0.5) is 0 Å². The van der Waals surface area contributed by atoms with Gasteiger partial charge in [-0.05, 0) is 19.3 Å². The van der Waals surface area contributed by atoms with Crippen LogP contribution in [0.2, 0.25) is 0 Å². The maximum atomic E-state index is 11.6. The fourth-order valence-electron chi connectivity index (χ4n) is 1.90. The number of carbonyl (C=O) groups is 2. The Hall–Kier alpha value is -1.10. The second-order valence-electron chi connectivity index (χ2n) is 4.35. The summed E-state index contributed by atoms with van der Waals surface area (Å²) >= 11 is 0. The van der Waals surface area contributed by atoms with E-state index in [1.807, 2.05) is 6.92 Å². The summed E-state index contributed by atoms with van der Waals surface area (Å²) in [5.41, 5.74) is -0.635. The molecule has 0 bridgehead atoms. The third kappa shape index (κ3) is 3.48. The number of aliphatic hydroxyl groups is 1. The third-order valence-corrected chi connectivity index (χ3v) is 3.26. The molecule has 1 rings (SSSR count). The van der Waals surface area contributed by atoms with Gasteiger partial charge < -0.3 is 15.1 Å². The van der Waals surface area contributed by atoms with Crippen molar-refractivity contribution in [3.63, 3.8) is 0 Å². The molecule has 1 fully saturated rings. The number of hydrogen-bond acceptors (Lipinski definition) is 3. The van der Waals surface area contributed by atoms with Crippen molar-refractivity contribution in [1.29, 1.82) is 0 Å². The van der Waals surface area contributed by atoms with Crippen molar-refractivity contribution in [3.05, 3.63) is 0 Å². The number of amides is 1. The number of likely N-dealkylation sites (tertiary alicyclic amines) is 1. The highest BCUT2D eigenvalue weighted by atomic mass is 16.4. The summed E-state index contributed by atoms with van der Waals surface area (Å²) in [6.45, 7) is 2.99. The van der Waals surface area contributed by atoms with E-state index in [0.717, 1.165) is 0 Å². The average molecular weight is 229 g/mol. The first-order chi connectivity index (χ1) is 7.47. The Morgan fingerprint density at radius 2 is 1.81 bits per heavy atom. The van der Waals surface area contributed by atoms with Gasteiger partial charge in [0.05, 0.1) is 12.0 Å². The number of hydrogen-bond donors (Lipinski definition) is 2. The number of carbonyl (C=O) groups excluding carboxylic acids is 1. The first-order valence-corrected chi connectivity index (χ1v) is 5.69. The molecule has 1 amide bonds. The molecule has 0 spiro atoms. The summed E-state index contributed by atoms with van der Waals surface area (Å²) in [5, 5.41) is 18.4. The van der Waals surface area contributed by atoms with Crippen LogP contribution in [0.1, 0.15) is 39.0 Å². The Morgan fingerprint density at radius 1 is 1.25 bits per heavy atom. The van der Waals surface area contributed by atoms with E-state index in [2.05, 4.69) is 0 Å². The van der Waals surface area contributed by atoms with Crippen LogP contribution in [-0.2, 0) is 9.59 Å². The minimum atomic E-state index is -0.949. The quantitative estimate of drug-likeness (QED) is 0.740. The van der Waals surface area contributed by atoms with Crippen molar-refractivity contribution in [1.82, 2.24) is 4.90 Å². The van der Waals surface area contributed by atoms with Crippen molar-refractivity contribution < 1.29 is 19.8 Å². The zero-order chi connectivity index (χ0) is 12.2. The van der Waals surface area contributed by atoms with E-state index in [9.17, 15) is 14.7 Å². The topological polar surface area (TPSA) is 77.8 Å². The Kier molecular flexibility index (Phi) is 4.29. The molecule has 0 saturated carbocycles. The minimum absolute atomic E-state index is 0.0554. The summed E-state index contributed by atoms with van der Waals surface area (Å²) in [7, 11) is 0. The predicted molar refractivity (Wildman–Crippen MR) is 57.9 cm³/mol. The lowest BCUT2D eigenvalue weighted by molar-refractivity contribution is -0.142. The van der Waals surface area contributed by atoms with Crippen LogP contribution in [-0.4, -0.2) is 45.7 Å². The molecule has 0 aromatic heterocycles. The van der Waals surface area contributed by atoms with Crippen LogP contribution in [0.15, 0.2) is 0 Å². The van der Waals surface area contributed by atoms with Gasteiger partial charge in [0, 0.05) is 19.5 Å². The van der Waals surface area contributed by atoms with E-state index in [0.29, 0.717) is 32.4 Å². The minimum Gasteiger partial charge on any atom is -0.481 e. The van der Waals surface area contributed by atoms with E-state index < -0.39 is 11.6 Å². The Bertz CT molecular complexity index is 269. The summed E-state index contributed by atoms with van der Waals surface area (Å²) in [6, 6.07) is 0. The van der Waals surface area contributed by atoms with E-state index in [4.69, 9.17) is 5.11 Å². The van der Waals surface area contributed by atoms with E-state index in [1.54, 1.807) is 4.90 Å². The number of piperidine rings is 1. The Balaban J connectivity index is 2.36. The van der Waals surface area contributed by atoms with Gasteiger partial charge in [0.15, 0.2) is 0 Å². The lowest BCUT2D eigenvalue weighted by Gasteiger charge is -2.37. The summed E-state index contributed by atoms with van der Waals surface area (Å²) in [5.74, 6) is -1.07. The molecule has 16 heavy (non-hydrogen) atoms. The molecule has 0 aromatic carbocycles. The van der Waals surface area contributed by atoms with Gasteiger partial charge in [0.2, 0.25) is 5.91 Å². The normalized spacial score (nSPS) is 19.5. The van der Waals surface area contributed by atoms with Gasteiger partial charge >= 0.3 is 5.97 Å². The highest BCUT2D eigenvalue weighted by Gasteiger charge is 2.31. The first kappa shape index (κ1) is 13.0. The van der Waals surface area contributed by atoms with Gasteiger partial charge in [0.25, 0.3) is 0 Å². The zero-order valence-corrected chi connectivity index (χ0v) is 9.61. The Labute approximate surface area is 95.1 Å². The standard InChI is InChI=1S/C11H19NO4/c1-2-11(16)5-7-12(8-6-11)9(13)3-4-10(14)15/h16H,2-8H2,1H3,(H,14,15). The number of carboxylic acid groups (broad SMARTS) is 1. The molecular formula is C11H19NO4. The van der Waals surface area contributed by atoms with Gasteiger partial charge in [-0.25, -0.2) is 0 Å². The number of nitrogens with zero attached hydrogens (tertiary/aromatic N) is 1. The van der Waals surface area contributed by atoms with Gasteiger partial charge in [0.1, 0.15) is 0 Å². The van der Waals surface area contributed by atoms with Crippen LogP contribution in [0, 0.1) is 0 Å². The molecule has 92 valence electrons. The third-order valence-electron chi connectivity index (χ3n) is 3.26. The lowest BCUT2D eigenvalue weighted by Crippen LogP contribution is -2.46. The molecule has 0 atom stereocenters. The van der Waals surface area contributed by atoms with Crippen molar-refractivity contribution in [2.45, 2.75) is 44.6 Å². The van der Waals surface area contributed by atoms with Gasteiger partial charge in [-0.15, -0.1) is 0 Å². The van der Waals surface area contributed by atoms with Gasteiger partial charge in [-0.3, -0.25) is 9.59 Å². The van der Waals surface area contributed by atoms with Crippen LogP contribution in [0.3, 0.4) is 0 Å². The van der Waals surface area contributed by atoms with E-state index in [1.165, 1.54) is 0 Å². The maximum Gasteiger partial charge on any atom is 0.303 e. The van der Waals surface area contributed by atoms with Crippen LogP contribution >= 0.6 is 0 Å². The molecule has 1 aliphatic heterocycles. The van der Waals surface area contributed by atoms with Crippen LogP contribution in [0.5, 0.6) is 0 Å². The maximum absolute atomic E-state index is 11.6. The van der Waals surface area contributed by atoms with E-state index in [-0.39, 0.29) is 18.7 Å². The summed E-state index contributed by atoms with van der Waals surface area (Å²) in [6.07, 6.45) is 1.81. The molecule has 5 heteroatoms. The summed E-state index contributed by atoms with van der Waals surface area (Å²) in [4.78, 5) is 23.6. The SMILES string of the molecule is CCC1(O)CCN(C(=O)CCC(=O)O)CC1. The first-order valence-electron chi connectivity index (χ1n) is 5.69. The molecule has 5 nitrogen and oxygen atoms in total. The van der Waals surface area contributed by atoms with Gasteiger partial charge in [-0.2, -0.15) is 0 Å². The van der Waals surface area contributed by atoms with Crippen molar-refractivity contribution in [3.8, 4) is 0 Å². The second kappa shape index (κ2) is 5.30. The fourth-order valence-corrected chi connectivity index (χ4v) is 1.90. The number of carboxylic acids is 1.